The topological polar surface area (TPSA) is 86.7 Å². The van der Waals surface area contributed by atoms with Crippen LogP contribution in [0.2, 0.25) is 0 Å². The van der Waals surface area contributed by atoms with E-state index < -0.39 is 16.0 Å². The lowest BCUT2D eigenvalue weighted by molar-refractivity contribution is 0.0702. The summed E-state index contributed by atoms with van der Waals surface area (Å²) in [7, 11) is -1.61. The zero-order chi connectivity index (χ0) is 14.9. The number of likely N-dealkylation sites (tertiary alicyclic amines) is 1. The molecule has 0 aliphatic carbocycles. The molecule has 0 saturated carbocycles. The maximum atomic E-state index is 12.2. The van der Waals surface area contributed by atoms with Crippen molar-refractivity contribution in [1.29, 1.82) is 0 Å². The number of thiophene rings is 1. The second kappa shape index (κ2) is 5.80. The number of nitrogens with zero attached hydrogens (tertiary/aromatic N) is 1. The molecular formula is C12H18N2O4S2. The van der Waals surface area contributed by atoms with Gasteiger partial charge in [-0.25, -0.2) is 17.9 Å². The summed E-state index contributed by atoms with van der Waals surface area (Å²) in [6, 6.07) is 1.43. The number of hydrogen-bond acceptors (Lipinski definition) is 5. The van der Waals surface area contributed by atoms with E-state index in [-0.39, 0.29) is 15.8 Å². The molecule has 0 bridgehead atoms. The largest absolute Gasteiger partial charge is 0.477 e. The average Bonchev–Trinajstić information content (AvgIpc) is 2.84. The highest BCUT2D eigenvalue weighted by Crippen LogP contribution is 2.22. The van der Waals surface area contributed by atoms with Crippen LogP contribution in [-0.4, -0.2) is 50.1 Å². The van der Waals surface area contributed by atoms with Gasteiger partial charge in [0.15, 0.2) is 0 Å². The molecule has 2 unspecified atom stereocenters. The van der Waals surface area contributed by atoms with Crippen LogP contribution in [0, 0.1) is 0 Å². The highest BCUT2D eigenvalue weighted by molar-refractivity contribution is 7.89. The van der Waals surface area contributed by atoms with Crippen molar-refractivity contribution >= 4 is 27.3 Å². The molecule has 0 spiro atoms. The fourth-order valence-corrected chi connectivity index (χ4v) is 4.65. The fraction of sp³-hybridized carbons (Fsp3) is 0.583. The van der Waals surface area contributed by atoms with E-state index in [9.17, 15) is 13.2 Å². The van der Waals surface area contributed by atoms with Crippen molar-refractivity contribution in [3.63, 3.8) is 0 Å². The number of sulfonamides is 1. The third-order valence-electron chi connectivity index (χ3n) is 3.63. The van der Waals surface area contributed by atoms with Gasteiger partial charge in [0.2, 0.25) is 10.0 Å². The Morgan fingerprint density at radius 2 is 2.25 bits per heavy atom. The smallest absolute Gasteiger partial charge is 0.345 e. The van der Waals surface area contributed by atoms with Crippen molar-refractivity contribution < 1.29 is 18.3 Å². The summed E-state index contributed by atoms with van der Waals surface area (Å²) < 4.78 is 27.1. The van der Waals surface area contributed by atoms with E-state index in [1.165, 1.54) is 11.4 Å². The number of carboxylic acid groups (broad SMARTS) is 1. The summed E-state index contributed by atoms with van der Waals surface area (Å²) in [6.07, 6.45) is 1.52. The molecule has 0 radical (unpaired) electrons. The quantitative estimate of drug-likeness (QED) is 0.871. The van der Waals surface area contributed by atoms with E-state index >= 15 is 0 Å². The predicted molar refractivity (Wildman–Crippen MR) is 76.7 cm³/mol. The maximum Gasteiger partial charge on any atom is 0.345 e. The van der Waals surface area contributed by atoms with Gasteiger partial charge in [-0.05, 0) is 39.4 Å². The van der Waals surface area contributed by atoms with Gasteiger partial charge >= 0.3 is 5.97 Å². The minimum Gasteiger partial charge on any atom is -0.477 e. The Labute approximate surface area is 122 Å². The first-order valence-electron chi connectivity index (χ1n) is 6.34. The second-order valence-electron chi connectivity index (χ2n) is 5.12. The maximum absolute atomic E-state index is 12.2. The SMILES string of the molecule is CC1CC(NS(=O)(=O)c2csc(C(=O)O)c2)CCN1C. The van der Waals surface area contributed by atoms with E-state index in [0.717, 1.165) is 30.7 Å². The fourth-order valence-electron chi connectivity index (χ4n) is 2.26. The zero-order valence-electron chi connectivity index (χ0n) is 11.4. The van der Waals surface area contributed by atoms with Crippen molar-refractivity contribution in [3.05, 3.63) is 16.3 Å². The number of rotatable bonds is 4. The van der Waals surface area contributed by atoms with Gasteiger partial charge in [0.25, 0.3) is 0 Å². The molecule has 112 valence electrons. The van der Waals surface area contributed by atoms with Gasteiger partial charge < -0.3 is 10.0 Å². The van der Waals surface area contributed by atoms with Crippen molar-refractivity contribution in [2.45, 2.75) is 36.7 Å². The molecular weight excluding hydrogens is 300 g/mol. The molecule has 1 saturated heterocycles. The molecule has 2 rings (SSSR count). The summed E-state index contributed by atoms with van der Waals surface area (Å²) in [5.74, 6) is -1.11. The van der Waals surface area contributed by atoms with Crippen LogP contribution in [0.1, 0.15) is 29.4 Å². The Balaban J connectivity index is 2.09. The molecule has 1 aliphatic rings. The summed E-state index contributed by atoms with van der Waals surface area (Å²) in [5, 5.41) is 10.2. The monoisotopic (exact) mass is 318 g/mol. The van der Waals surface area contributed by atoms with Gasteiger partial charge in [0.1, 0.15) is 4.88 Å². The van der Waals surface area contributed by atoms with Crippen LogP contribution in [0.25, 0.3) is 0 Å². The highest BCUT2D eigenvalue weighted by atomic mass is 32.2. The van der Waals surface area contributed by atoms with Gasteiger partial charge in [-0.1, -0.05) is 0 Å². The number of hydrogen-bond donors (Lipinski definition) is 2. The summed E-state index contributed by atoms with van der Waals surface area (Å²) >= 11 is 0.921. The van der Waals surface area contributed by atoms with Gasteiger partial charge in [-0.2, -0.15) is 0 Å². The summed E-state index contributed by atoms with van der Waals surface area (Å²) in [4.78, 5) is 13.1. The van der Waals surface area contributed by atoms with Crippen LogP contribution in [0.15, 0.2) is 16.3 Å². The predicted octanol–water partition coefficient (Wildman–Crippen LogP) is 1.21. The van der Waals surface area contributed by atoms with Crippen LogP contribution in [0.4, 0.5) is 0 Å². The Morgan fingerprint density at radius 3 is 2.80 bits per heavy atom. The van der Waals surface area contributed by atoms with E-state index in [1.54, 1.807) is 0 Å². The molecule has 2 atom stereocenters. The van der Waals surface area contributed by atoms with Crippen LogP contribution in [0.3, 0.4) is 0 Å². The van der Waals surface area contributed by atoms with E-state index in [0.29, 0.717) is 6.04 Å². The number of carbonyl (C=O) groups is 1. The van der Waals surface area contributed by atoms with Gasteiger partial charge in [0, 0.05) is 17.5 Å². The summed E-state index contributed by atoms with van der Waals surface area (Å²) in [5.41, 5.74) is 0. The summed E-state index contributed by atoms with van der Waals surface area (Å²) in [6.45, 7) is 2.91. The third-order valence-corrected chi connectivity index (χ3v) is 6.19. The molecule has 1 aromatic heterocycles. The van der Waals surface area contributed by atoms with Crippen LogP contribution >= 0.6 is 11.3 Å². The normalized spacial score (nSPS) is 24.7. The van der Waals surface area contributed by atoms with Crippen molar-refractivity contribution in [3.8, 4) is 0 Å². The second-order valence-corrected chi connectivity index (χ2v) is 7.75. The number of nitrogens with one attached hydrogen (secondary N) is 1. The lowest BCUT2D eigenvalue weighted by Gasteiger charge is -2.35. The Kier molecular flexibility index (Phi) is 4.48. The van der Waals surface area contributed by atoms with E-state index in [2.05, 4.69) is 16.5 Å². The first-order chi connectivity index (χ1) is 9.29. The average molecular weight is 318 g/mol. The number of carboxylic acids is 1. The molecule has 2 N–H and O–H groups in total. The van der Waals surface area contributed by atoms with Crippen molar-refractivity contribution in [2.24, 2.45) is 0 Å². The standard InChI is InChI=1S/C12H18N2O4S2/c1-8-5-9(3-4-14(8)2)13-20(17,18)10-6-11(12(15)16)19-7-10/h6-9,13H,3-5H2,1-2H3,(H,15,16). The molecule has 1 aromatic rings. The Morgan fingerprint density at radius 1 is 1.55 bits per heavy atom. The Hall–Kier alpha value is -0.960. The van der Waals surface area contributed by atoms with Gasteiger partial charge in [-0.3, -0.25) is 0 Å². The molecule has 0 aromatic carbocycles. The molecule has 8 heteroatoms. The highest BCUT2D eigenvalue weighted by Gasteiger charge is 2.27. The van der Waals surface area contributed by atoms with Crippen LogP contribution in [-0.2, 0) is 10.0 Å². The lowest BCUT2D eigenvalue weighted by atomic mass is 10.0. The first kappa shape index (κ1) is 15.4. The van der Waals surface area contributed by atoms with Crippen molar-refractivity contribution in [2.75, 3.05) is 13.6 Å². The molecule has 1 aliphatic heterocycles. The first-order valence-corrected chi connectivity index (χ1v) is 8.70. The minimum atomic E-state index is -3.63. The minimum absolute atomic E-state index is 0.0297. The van der Waals surface area contributed by atoms with Crippen LogP contribution < -0.4 is 4.72 Å². The van der Waals surface area contributed by atoms with E-state index in [4.69, 9.17) is 5.11 Å². The Bertz CT molecular complexity index is 596. The lowest BCUT2D eigenvalue weighted by Crippen LogP contribution is -2.47. The van der Waals surface area contributed by atoms with Crippen LogP contribution in [0.5, 0.6) is 0 Å². The number of aromatic carboxylic acids is 1. The number of piperidine rings is 1. The molecule has 20 heavy (non-hydrogen) atoms. The zero-order valence-corrected chi connectivity index (χ0v) is 13.0. The van der Waals surface area contributed by atoms with Gasteiger partial charge in [0.05, 0.1) is 4.90 Å². The molecule has 0 amide bonds. The van der Waals surface area contributed by atoms with Crippen molar-refractivity contribution in [1.82, 2.24) is 9.62 Å². The molecule has 1 fully saturated rings. The van der Waals surface area contributed by atoms with E-state index in [1.807, 2.05) is 7.05 Å². The third kappa shape index (κ3) is 3.38. The molecule has 2 heterocycles. The molecule has 6 nitrogen and oxygen atoms in total. The van der Waals surface area contributed by atoms with Gasteiger partial charge in [-0.15, -0.1) is 11.3 Å².